The topological polar surface area (TPSA) is 52.5 Å². The molecular formula is C26H47NO2. The maximum Gasteiger partial charge on any atom is 0.157 e. The number of aromatic hydroxyl groups is 2. The summed E-state index contributed by atoms with van der Waals surface area (Å²) in [5, 5.41) is 22.3. The van der Waals surface area contributed by atoms with Gasteiger partial charge in [-0.2, -0.15) is 0 Å². The first kappa shape index (κ1) is 25.8. The van der Waals surface area contributed by atoms with E-state index in [2.05, 4.69) is 12.2 Å². The predicted molar refractivity (Wildman–Crippen MR) is 126 cm³/mol. The molecule has 0 fully saturated rings. The highest BCUT2D eigenvalue weighted by atomic mass is 16.3. The van der Waals surface area contributed by atoms with Gasteiger partial charge in [0.25, 0.3) is 0 Å². The Kier molecular flexibility index (Phi) is 16.7. The van der Waals surface area contributed by atoms with Crippen LogP contribution >= 0.6 is 0 Å². The van der Waals surface area contributed by atoms with E-state index in [1.807, 2.05) is 6.07 Å². The van der Waals surface area contributed by atoms with Gasteiger partial charge in [-0.05, 0) is 43.6 Å². The molecule has 0 atom stereocenters. The Morgan fingerprint density at radius 1 is 0.586 bits per heavy atom. The monoisotopic (exact) mass is 405 g/mol. The predicted octanol–water partition coefficient (Wildman–Crippen LogP) is 7.49. The van der Waals surface area contributed by atoms with Crippen LogP contribution in [0.1, 0.15) is 115 Å². The van der Waals surface area contributed by atoms with Crippen molar-refractivity contribution < 1.29 is 10.2 Å². The van der Waals surface area contributed by atoms with Crippen molar-refractivity contribution in [2.24, 2.45) is 0 Å². The second kappa shape index (κ2) is 18.8. The maximum absolute atomic E-state index is 9.49. The molecule has 3 N–H and O–H groups in total. The first-order chi connectivity index (χ1) is 14.2. The summed E-state index contributed by atoms with van der Waals surface area (Å²) >= 11 is 0. The van der Waals surface area contributed by atoms with E-state index >= 15 is 0 Å². The summed E-state index contributed by atoms with van der Waals surface area (Å²) < 4.78 is 0. The number of hydrogen-bond acceptors (Lipinski definition) is 3. The molecule has 0 aromatic heterocycles. The number of benzene rings is 1. The third-order valence-corrected chi connectivity index (χ3v) is 5.84. The van der Waals surface area contributed by atoms with E-state index in [0.29, 0.717) is 0 Å². The van der Waals surface area contributed by atoms with Crippen molar-refractivity contribution in [1.29, 1.82) is 0 Å². The van der Waals surface area contributed by atoms with Crippen LogP contribution in [0.15, 0.2) is 18.2 Å². The molecule has 3 heteroatoms. The molecule has 0 saturated carbocycles. The van der Waals surface area contributed by atoms with Gasteiger partial charge in [0, 0.05) is 0 Å². The summed E-state index contributed by atoms with van der Waals surface area (Å²) in [5.41, 5.74) is 1.06. The van der Waals surface area contributed by atoms with Gasteiger partial charge < -0.3 is 15.5 Å². The smallest absolute Gasteiger partial charge is 0.157 e. The van der Waals surface area contributed by atoms with Crippen LogP contribution in [0.5, 0.6) is 11.5 Å². The lowest BCUT2D eigenvalue weighted by molar-refractivity contribution is 0.403. The summed E-state index contributed by atoms with van der Waals surface area (Å²) in [6, 6.07) is 5.07. The first-order valence-electron chi connectivity index (χ1n) is 12.5. The molecule has 0 bridgehead atoms. The fraction of sp³-hybridized carbons (Fsp3) is 0.769. The molecule has 0 unspecified atom stereocenters. The van der Waals surface area contributed by atoms with Gasteiger partial charge in [-0.1, -0.05) is 109 Å². The summed E-state index contributed by atoms with van der Waals surface area (Å²) in [5.74, 6) is -0.0739. The minimum absolute atomic E-state index is 0.0275. The van der Waals surface area contributed by atoms with E-state index in [0.717, 1.165) is 25.1 Å². The molecular weight excluding hydrogens is 358 g/mol. The van der Waals surface area contributed by atoms with Crippen molar-refractivity contribution in [3.05, 3.63) is 23.8 Å². The second-order valence-electron chi connectivity index (χ2n) is 8.63. The third kappa shape index (κ3) is 15.3. The lowest BCUT2D eigenvalue weighted by Crippen LogP contribution is -2.18. The molecule has 0 amide bonds. The number of hydrogen-bond donors (Lipinski definition) is 3. The van der Waals surface area contributed by atoms with Crippen molar-refractivity contribution in [3.8, 4) is 11.5 Å². The average Bonchev–Trinajstić information content (AvgIpc) is 2.72. The number of unbranched alkanes of at least 4 members (excludes halogenated alkanes) is 15. The van der Waals surface area contributed by atoms with Crippen LogP contribution in [0.2, 0.25) is 0 Å². The number of nitrogens with one attached hydrogen (secondary N) is 1. The highest BCUT2D eigenvalue weighted by Crippen LogP contribution is 2.24. The van der Waals surface area contributed by atoms with Crippen LogP contribution in [0.4, 0.5) is 0 Å². The van der Waals surface area contributed by atoms with E-state index < -0.39 is 0 Å². The van der Waals surface area contributed by atoms with Gasteiger partial charge in [-0.25, -0.2) is 0 Å². The summed E-state index contributed by atoms with van der Waals surface area (Å²) in [6.45, 7) is 4.28. The largest absolute Gasteiger partial charge is 0.504 e. The van der Waals surface area contributed by atoms with Gasteiger partial charge in [-0.15, -0.1) is 0 Å². The summed E-state index contributed by atoms with van der Waals surface area (Å²) in [7, 11) is 0. The van der Waals surface area contributed by atoms with E-state index in [1.54, 1.807) is 12.1 Å². The Morgan fingerprint density at radius 3 is 1.55 bits per heavy atom. The molecule has 3 nitrogen and oxygen atoms in total. The van der Waals surface area contributed by atoms with Gasteiger partial charge in [0.15, 0.2) is 11.5 Å². The third-order valence-electron chi connectivity index (χ3n) is 5.84. The fourth-order valence-electron chi connectivity index (χ4n) is 3.88. The molecule has 1 rings (SSSR count). The van der Waals surface area contributed by atoms with Crippen molar-refractivity contribution in [1.82, 2.24) is 5.32 Å². The molecule has 1 aromatic rings. The zero-order chi connectivity index (χ0) is 21.0. The van der Waals surface area contributed by atoms with Gasteiger partial charge in [-0.3, -0.25) is 0 Å². The SMILES string of the molecule is CCCCCCCCCCCCCCCCCCNCCc1ccc(O)c(O)c1. The zero-order valence-electron chi connectivity index (χ0n) is 19.1. The molecule has 0 spiro atoms. The summed E-state index contributed by atoms with van der Waals surface area (Å²) in [6.07, 6.45) is 23.4. The van der Waals surface area contributed by atoms with Gasteiger partial charge in [0.2, 0.25) is 0 Å². The Hall–Kier alpha value is -1.22. The van der Waals surface area contributed by atoms with Crippen LogP contribution in [-0.4, -0.2) is 23.3 Å². The molecule has 0 aliphatic rings. The Morgan fingerprint density at radius 2 is 1.07 bits per heavy atom. The molecule has 0 aliphatic carbocycles. The number of phenolic OH excluding ortho intramolecular Hbond substituents is 2. The van der Waals surface area contributed by atoms with E-state index in [9.17, 15) is 10.2 Å². The molecule has 0 radical (unpaired) electrons. The van der Waals surface area contributed by atoms with Crippen molar-refractivity contribution in [2.75, 3.05) is 13.1 Å². The molecule has 168 valence electrons. The maximum atomic E-state index is 9.49. The number of rotatable bonds is 20. The van der Waals surface area contributed by atoms with Crippen LogP contribution in [-0.2, 0) is 6.42 Å². The fourth-order valence-corrected chi connectivity index (χ4v) is 3.88. The lowest BCUT2D eigenvalue weighted by Gasteiger charge is -2.06. The number of phenols is 2. The minimum Gasteiger partial charge on any atom is -0.504 e. The Bertz CT molecular complexity index is 490. The molecule has 0 aliphatic heterocycles. The van der Waals surface area contributed by atoms with E-state index in [-0.39, 0.29) is 11.5 Å². The van der Waals surface area contributed by atoms with Crippen molar-refractivity contribution >= 4 is 0 Å². The average molecular weight is 406 g/mol. The van der Waals surface area contributed by atoms with Crippen LogP contribution in [0.3, 0.4) is 0 Å². The molecule has 0 saturated heterocycles. The Balaban J connectivity index is 1.74. The van der Waals surface area contributed by atoms with Crippen LogP contribution < -0.4 is 5.32 Å². The van der Waals surface area contributed by atoms with Gasteiger partial charge in [0.1, 0.15) is 0 Å². The lowest BCUT2D eigenvalue weighted by atomic mass is 10.0. The second-order valence-corrected chi connectivity index (χ2v) is 8.63. The quantitative estimate of drug-likeness (QED) is 0.155. The van der Waals surface area contributed by atoms with Crippen molar-refractivity contribution in [2.45, 2.75) is 116 Å². The highest BCUT2D eigenvalue weighted by molar-refractivity contribution is 5.40. The standard InChI is InChI=1S/C26H47NO2/c1-2-3-4-5-6-7-8-9-10-11-12-13-14-15-16-17-21-27-22-20-24-18-19-25(28)26(29)23-24/h18-19,23,27-29H,2-17,20-22H2,1H3. The van der Waals surface area contributed by atoms with E-state index in [1.165, 1.54) is 103 Å². The minimum atomic E-state index is -0.0464. The molecule has 0 heterocycles. The Labute approximate surface area is 180 Å². The summed E-state index contributed by atoms with van der Waals surface area (Å²) in [4.78, 5) is 0. The van der Waals surface area contributed by atoms with Crippen LogP contribution in [0, 0.1) is 0 Å². The molecule has 1 aromatic carbocycles. The first-order valence-corrected chi connectivity index (χ1v) is 12.5. The van der Waals surface area contributed by atoms with E-state index in [4.69, 9.17) is 0 Å². The normalized spacial score (nSPS) is 11.2. The van der Waals surface area contributed by atoms with Gasteiger partial charge in [0.05, 0.1) is 0 Å². The highest BCUT2D eigenvalue weighted by Gasteiger charge is 2.00. The van der Waals surface area contributed by atoms with Crippen molar-refractivity contribution in [3.63, 3.8) is 0 Å². The zero-order valence-corrected chi connectivity index (χ0v) is 19.1. The van der Waals surface area contributed by atoms with Gasteiger partial charge >= 0.3 is 0 Å². The molecule has 29 heavy (non-hydrogen) atoms. The van der Waals surface area contributed by atoms with Crippen LogP contribution in [0.25, 0.3) is 0 Å².